The molecule has 1 aliphatic rings. The number of benzene rings is 1. The van der Waals surface area contributed by atoms with Crippen LogP contribution in [-0.4, -0.2) is 24.0 Å². The third-order valence-electron chi connectivity index (χ3n) is 3.45. The summed E-state index contributed by atoms with van der Waals surface area (Å²) in [7, 11) is 1.53. The summed E-state index contributed by atoms with van der Waals surface area (Å²) < 4.78 is 5.19. The van der Waals surface area contributed by atoms with Gasteiger partial charge in [-0.15, -0.1) is 12.4 Å². The molecule has 20 heavy (non-hydrogen) atoms. The number of nitrogens with zero attached hydrogens (tertiary/aromatic N) is 1. The third-order valence-corrected chi connectivity index (χ3v) is 3.45. The summed E-state index contributed by atoms with van der Waals surface area (Å²) in [5.74, 6) is 0.418. The Balaban J connectivity index is 0.00000200. The molecule has 0 spiro atoms. The van der Waals surface area contributed by atoms with Crippen molar-refractivity contribution in [2.45, 2.75) is 25.7 Å². The SMILES string of the molecule is COc1ccc(C(=O)O)cc1N=C(N)C1CCCC1.Cl. The highest BCUT2D eigenvalue weighted by atomic mass is 35.5. The van der Waals surface area contributed by atoms with Crippen LogP contribution in [0.4, 0.5) is 5.69 Å². The van der Waals surface area contributed by atoms with Gasteiger partial charge in [-0.3, -0.25) is 0 Å². The zero-order valence-electron chi connectivity index (χ0n) is 11.3. The Labute approximate surface area is 124 Å². The van der Waals surface area contributed by atoms with Gasteiger partial charge in [0, 0.05) is 5.92 Å². The molecule has 1 aromatic rings. The number of aliphatic imine (C=N–C) groups is 1. The molecule has 0 amide bonds. The summed E-state index contributed by atoms with van der Waals surface area (Å²) in [6, 6.07) is 4.58. The Kier molecular flexibility index (Phi) is 5.82. The van der Waals surface area contributed by atoms with Crippen LogP contribution in [0.3, 0.4) is 0 Å². The topological polar surface area (TPSA) is 84.9 Å². The Bertz CT molecular complexity index is 511. The van der Waals surface area contributed by atoms with Crippen LogP contribution in [-0.2, 0) is 0 Å². The molecule has 3 N–H and O–H groups in total. The van der Waals surface area contributed by atoms with E-state index in [0.29, 0.717) is 23.2 Å². The molecule has 5 nitrogen and oxygen atoms in total. The minimum atomic E-state index is -0.987. The highest BCUT2D eigenvalue weighted by Crippen LogP contribution is 2.31. The lowest BCUT2D eigenvalue weighted by molar-refractivity contribution is 0.0697. The van der Waals surface area contributed by atoms with E-state index >= 15 is 0 Å². The summed E-state index contributed by atoms with van der Waals surface area (Å²) in [5.41, 5.74) is 6.67. The summed E-state index contributed by atoms with van der Waals surface area (Å²) in [6.45, 7) is 0. The fraction of sp³-hybridized carbons (Fsp3) is 0.429. The third kappa shape index (κ3) is 3.63. The molecule has 1 aliphatic carbocycles. The van der Waals surface area contributed by atoms with Crippen molar-refractivity contribution in [3.05, 3.63) is 23.8 Å². The van der Waals surface area contributed by atoms with Crippen molar-refractivity contribution < 1.29 is 14.6 Å². The van der Waals surface area contributed by atoms with Gasteiger partial charge in [-0.1, -0.05) is 12.8 Å². The van der Waals surface area contributed by atoms with Gasteiger partial charge in [0.25, 0.3) is 0 Å². The first-order valence-electron chi connectivity index (χ1n) is 6.37. The van der Waals surface area contributed by atoms with Crippen LogP contribution in [0.1, 0.15) is 36.0 Å². The maximum Gasteiger partial charge on any atom is 0.335 e. The number of amidine groups is 1. The fourth-order valence-electron chi connectivity index (χ4n) is 2.36. The Morgan fingerprint density at radius 1 is 1.40 bits per heavy atom. The second-order valence-electron chi connectivity index (χ2n) is 4.71. The molecule has 0 aliphatic heterocycles. The van der Waals surface area contributed by atoms with Crippen molar-refractivity contribution in [3.63, 3.8) is 0 Å². The predicted octanol–water partition coefficient (Wildman–Crippen LogP) is 2.99. The lowest BCUT2D eigenvalue weighted by atomic mass is 10.1. The fourth-order valence-corrected chi connectivity index (χ4v) is 2.36. The Morgan fingerprint density at radius 2 is 2.05 bits per heavy atom. The van der Waals surface area contributed by atoms with Crippen LogP contribution in [0, 0.1) is 5.92 Å². The predicted molar refractivity (Wildman–Crippen MR) is 80.4 cm³/mol. The number of rotatable bonds is 4. The van der Waals surface area contributed by atoms with Crippen LogP contribution in [0.15, 0.2) is 23.2 Å². The van der Waals surface area contributed by atoms with Gasteiger partial charge >= 0.3 is 5.97 Å². The molecule has 0 heterocycles. The summed E-state index contributed by atoms with van der Waals surface area (Å²) in [6.07, 6.45) is 4.45. The molecule has 0 unspecified atom stereocenters. The van der Waals surface area contributed by atoms with E-state index in [0.717, 1.165) is 12.8 Å². The van der Waals surface area contributed by atoms with E-state index in [1.165, 1.54) is 32.1 Å². The summed E-state index contributed by atoms with van der Waals surface area (Å²) in [4.78, 5) is 15.3. The maximum absolute atomic E-state index is 11.0. The van der Waals surface area contributed by atoms with Gasteiger partial charge < -0.3 is 15.6 Å². The van der Waals surface area contributed by atoms with Crippen LogP contribution in [0.25, 0.3) is 0 Å². The number of carbonyl (C=O) groups is 1. The number of hydrogen-bond acceptors (Lipinski definition) is 3. The average molecular weight is 299 g/mol. The second kappa shape index (κ2) is 7.14. The molecule has 2 rings (SSSR count). The monoisotopic (exact) mass is 298 g/mol. The molecule has 0 radical (unpaired) electrons. The number of nitrogens with two attached hydrogens (primary N) is 1. The molecule has 0 bridgehead atoms. The van der Waals surface area contributed by atoms with Crippen molar-refractivity contribution in [1.82, 2.24) is 0 Å². The molecule has 6 heteroatoms. The van der Waals surface area contributed by atoms with E-state index in [1.807, 2.05) is 0 Å². The first-order chi connectivity index (χ1) is 9.11. The van der Waals surface area contributed by atoms with Crippen molar-refractivity contribution in [2.75, 3.05) is 7.11 Å². The van der Waals surface area contributed by atoms with Crippen LogP contribution in [0.5, 0.6) is 5.75 Å². The van der Waals surface area contributed by atoms with E-state index < -0.39 is 5.97 Å². The lowest BCUT2D eigenvalue weighted by Gasteiger charge is -2.10. The molecule has 1 fully saturated rings. The van der Waals surface area contributed by atoms with Crippen LogP contribution in [0.2, 0.25) is 0 Å². The number of aromatic carboxylic acids is 1. The molecule has 1 aromatic carbocycles. The Morgan fingerprint density at radius 3 is 2.60 bits per heavy atom. The minimum absolute atomic E-state index is 0. The first kappa shape index (κ1) is 16.3. The van der Waals surface area contributed by atoms with Gasteiger partial charge in [0.1, 0.15) is 17.3 Å². The van der Waals surface area contributed by atoms with Gasteiger partial charge in [0.05, 0.1) is 12.7 Å². The smallest absolute Gasteiger partial charge is 0.335 e. The van der Waals surface area contributed by atoms with Gasteiger partial charge in [-0.05, 0) is 31.0 Å². The molecule has 110 valence electrons. The first-order valence-corrected chi connectivity index (χ1v) is 6.37. The molecule has 0 atom stereocenters. The Hall–Kier alpha value is -1.75. The number of ether oxygens (including phenoxy) is 1. The van der Waals surface area contributed by atoms with Crippen LogP contribution < -0.4 is 10.5 Å². The number of carboxylic acids is 1. The highest BCUT2D eigenvalue weighted by molar-refractivity contribution is 5.91. The van der Waals surface area contributed by atoms with E-state index in [2.05, 4.69) is 4.99 Å². The second-order valence-corrected chi connectivity index (χ2v) is 4.71. The van der Waals surface area contributed by atoms with E-state index in [1.54, 1.807) is 6.07 Å². The van der Waals surface area contributed by atoms with Gasteiger partial charge in [-0.2, -0.15) is 0 Å². The molecular weight excluding hydrogens is 280 g/mol. The minimum Gasteiger partial charge on any atom is -0.494 e. The number of hydrogen-bond donors (Lipinski definition) is 2. The molecule has 0 aromatic heterocycles. The van der Waals surface area contributed by atoms with Gasteiger partial charge in [-0.25, -0.2) is 9.79 Å². The zero-order valence-corrected chi connectivity index (χ0v) is 12.2. The quantitative estimate of drug-likeness (QED) is 0.661. The highest BCUT2D eigenvalue weighted by Gasteiger charge is 2.19. The summed E-state index contributed by atoms with van der Waals surface area (Å²) >= 11 is 0. The maximum atomic E-state index is 11.0. The van der Waals surface area contributed by atoms with E-state index in [-0.39, 0.29) is 18.0 Å². The van der Waals surface area contributed by atoms with E-state index in [9.17, 15) is 4.79 Å². The van der Waals surface area contributed by atoms with Crippen molar-refractivity contribution in [3.8, 4) is 5.75 Å². The average Bonchev–Trinajstić information content (AvgIpc) is 2.92. The number of carboxylic acid groups (broad SMARTS) is 1. The number of methoxy groups -OCH3 is 1. The normalized spacial score (nSPS) is 15.8. The largest absolute Gasteiger partial charge is 0.494 e. The van der Waals surface area contributed by atoms with Crippen LogP contribution >= 0.6 is 12.4 Å². The standard InChI is InChI=1S/C14H18N2O3.ClH/c1-19-12-7-6-10(14(17)18)8-11(12)16-13(15)9-4-2-3-5-9;/h6-9H,2-5H2,1H3,(H2,15,16)(H,17,18);1H. The van der Waals surface area contributed by atoms with Gasteiger partial charge in [0.2, 0.25) is 0 Å². The summed E-state index contributed by atoms with van der Waals surface area (Å²) in [5, 5.41) is 9.00. The molecule has 1 saturated carbocycles. The zero-order chi connectivity index (χ0) is 13.8. The van der Waals surface area contributed by atoms with Crippen molar-refractivity contribution in [2.24, 2.45) is 16.6 Å². The van der Waals surface area contributed by atoms with Gasteiger partial charge in [0.15, 0.2) is 0 Å². The molecular formula is C14H19ClN2O3. The van der Waals surface area contributed by atoms with Crippen molar-refractivity contribution >= 4 is 29.9 Å². The van der Waals surface area contributed by atoms with Crippen molar-refractivity contribution in [1.29, 1.82) is 0 Å². The van der Waals surface area contributed by atoms with E-state index in [4.69, 9.17) is 15.6 Å². The lowest BCUT2D eigenvalue weighted by Crippen LogP contribution is -2.20. The number of halogens is 1. The molecule has 0 saturated heterocycles.